The Morgan fingerprint density at radius 1 is 0.293 bits per heavy atom. The predicted molar refractivity (Wildman–Crippen MR) is 163 cm³/mol. The first-order valence-electron chi connectivity index (χ1n) is 13.6. The maximum absolute atomic E-state index is 10.3. The Bertz CT molecular complexity index is 1470. The molecule has 6 aromatic rings. The van der Waals surface area contributed by atoms with Crippen LogP contribution in [-0.4, -0.2) is 10.2 Å². The van der Waals surface area contributed by atoms with Crippen molar-refractivity contribution >= 4 is 0 Å². The van der Waals surface area contributed by atoms with Crippen molar-refractivity contribution in [2.45, 2.75) is 11.2 Å². The SMILES string of the molecule is Oc1ccc(C(OC(c2ccccc2)(c2ccccc2)c2ccc(O)cc2)(c2ccccc2)c2ccccc2)cc1. The molecule has 3 heteroatoms. The molecule has 0 aliphatic carbocycles. The molecule has 41 heavy (non-hydrogen) atoms. The van der Waals surface area contributed by atoms with Crippen LogP contribution in [0.3, 0.4) is 0 Å². The molecular weight excluding hydrogens is 504 g/mol. The third kappa shape index (κ3) is 4.77. The number of rotatable bonds is 8. The van der Waals surface area contributed by atoms with Crippen molar-refractivity contribution in [1.29, 1.82) is 0 Å². The van der Waals surface area contributed by atoms with Gasteiger partial charge in [-0.15, -0.1) is 0 Å². The van der Waals surface area contributed by atoms with E-state index in [0.29, 0.717) is 0 Å². The molecule has 0 aromatic heterocycles. The Balaban J connectivity index is 1.76. The average molecular weight is 535 g/mol. The number of aromatic hydroxyl groups is 2. The van der Waals surface area contributed by atoms with Crippen molar-refractivity contribution in [3.63, 3.8) is 0 Å². The number of phenols is 2. The van der Waals surface area contributed by atoms with Gasteiger partial charge in [0.25, 0.3) is 0 Å². The first kappa shape index (κ1) is 26.1. The van der Waals surface area contributed by atoms with Gasteiger partial charge in [0.05, 0.1) is 0 Å². The van der Waals surface area contributed by atoms with Gasteiger partial charge in [-0.25, -0.2) is 0 Å². The minimum atomic E-state index is -1.11. The van der Waals surface area contributed by atoms with E-state index in [1.54, 1.807) is 24.3 Å². The molecule has 6 aromatic carbocycles. The number of benzene rings is 6. The number of phenolic OH excluding ortho intramolecular Hbond substituents is 2. The summed E-state index contributed by atoms with van der Waals surface area (Å²) in [6, 6.07) is 55.3. The van der Waals surface area contributed by atoms with Crippen molar-refractivity contribution in [2.24, 2.45) is 0 Å². The van der Waals surface area contributed by atoms with E-state index >= 15 is 0 Å². The highest BCUT2D eigenvalue weighted by molar-refractivity contribution is 5.53. The predicted octanol–water partition coefficient (Wildman–Crippen LogP) is 8.40. The lowest BCUT2D eigenvalue weighted by Gasteiger charge is -2.46. The van der Waals surface area contributed by atoms with E-state index in [1.807, 2.05) is 97.1 Å². The van der Waals surface area contributed by atoms with Crippen LogP contribution < -0.4 is 0 Å². The van der Waals surface area contributed by atoms with Gasteiger partial charge >= 0.3 is 0 Å². The number of hydrogen-bond acceptors (Lipinski definition) is 3. The summed E-state index contributed by atoms with van der Waals surface area (Å²) in [6.45, 7) is 0. The second-order valence-electron chi connectivity index (χ2n) is 10.0. The highest BCUT2D eigenvalue weighted by Crippen LogP contribution is 2.51. The fourth-order valence-electron chi connectivity index (χ4n) is 5.67. The van der Waals surface area contributed by atoms with Gasteiger partial charge in [0, 0.05) is 0 Å². The van der Waals surface area contributed by atoms with Gasteiger partial charge in [-0.1, -0.05) is 146 Å². The molecule has 0 heterocycles. The van der Waals surface area contributed by atoms with Gasteiger partial charge in [-0.3, -0.25) is 0 Å². The summed E-state index contributed by atoms with van der Waals surface area (Å²) in [5, 5.41) is 20.6. The lowest BCUT2D eigenvalue weighted by molar-refractivity contribution is -0.0810. The lowest BCUT2D eigenvalue weighted by Crippen LogP contribution is -2.44. The van der Waals surface area contributed by atoms with Gasteiger partial charge in [0.1, 0.15) is 22.7 Å². The van der Waals surface area contributed by atoms with Gasteiger partial charge in [-0.2, -0.15) is 0 Å². The van der Waals surface area contributed by atoms with Gasteiger partial charge in [0.15, 0.2) is 0 Å². The largest absolute Gasteiger partial charge is 0.508 e. The molecule has 0 atom stereocenters. The molecule has 0 saturated heterocycles. The second kappa shape index (κ2) is 11.2. The van der Waals surface area contributed by atoms with Crippen molar-refractivity contribution in [2.75, 3.05) is 0 Å². The van der Waals surface area contributed by atoms with Crippen LogP contribution in [0.2, 0.25) is 0 Å². The molecule has 6 rings (SSSR count). The van der Waals surface area contributed by atoms with E-state index in [1.165, 1.54) is 0 Å². The van der Waals surface area contributed by atoms with E-state index in [4.69, 9.17) is 4.74 Å². The molecule has 0 amide bonds. The Labute approximate surface area is 240 Å². The molecule has 0 radical (unpaired) electrons. The van der Waals surface area contributed by atoms with Crippen LogP contribution in [0.15, 0.2) is 170 Å². The Morgan fingerprint density at radius 3 is 0.756 bits per heavy atom. The third-order valence-electron chi connectivity index (χ3n) is 7.58. The van der Waals surface area contributed by atoms with Crippen LogP contribution in [0.4, 0.5) is 0 Å². The van der Waals surface area contributed by atoms with E-state index in [0.717, 1.165) is 33.4 Å². The summed E-state index contributed by atoms with van der Waals surface area (Å²) in [5.41, 5.74) is 3.25. The minimum absolute atomic E-state index is 0.180. The van der Waals surface area contributed by atoms with Crippen molar-refractivity contribution < 1.29 is 14.9 Å². The quantitative estimate of drug-likeness (QED) is 0.193. The highest BCUT2D eigenvalue weighted by Gasteiger charge is 2.48. The topological polar surface area (TPSA) is 49.7 Å². The van der Waals surface area contributed by atoms with E-state index in [-0.39, 0.29) is 11.5 Å². The molecule has 0 fully saturated rings. The Morgan fingerprint density at radius 2 is 0.512 bits per heavy atom. The van der Waals surface area contributed by atoms with Crippen LogP contribution >= 0.6 is 0 Å². The zero-order valence-electron chi connectivity index (χ0n) is 22.5. The average Bonchev–Trinajstić information content (AvgIpc) is 3.05. The monoisotopic (exact) mass is 534 g/mol. The van der Waals surface area contributed by atoms with Gasteiger partial charge in [-0.05, 0) is 57.6 Å². The standard InChI is InChI=1S/C38H30O3/c39-35-25-21-33(22-26-35)37(29-13-5-1-6-14-29,30-15-7-2-8-16-30)41-38(31-17-9-3-10-18-31,32-19-11-4-12-20-32)34-23-27-36(40)28-24-34/h1-28,39-40H. The highest BCUT2D eigenvalue weighted by atomic mass is 16.5. The molecular formula is C38H30O3. The Hall–Kier alpha value is -5.12. The zero-order chi connectivity index (χ0) is 28.1. The summed E-state index contributed by atoms with van der Waals surface area (Å²) < 4.78 is 7.86. The fraction of sp³-hybridized carbons (Fsp3) is 0.0526. The molecule has 0 aliphatic heterocycles. The fourth-order valence-corrected chi connectivity index (χ4v) is 5.67. The van der Waals surface area contributed by atoms with Crippen molar-refractivity contribution in [1.82, 2.24) is 0 Å². The molecule has 3 nitrogen and oxygen atoms in total. The second-order valence-corrected chi connectivity index (χ2v) is 10.0. The summed E-state index contributed by atoms with van der Waals surface area (Å²) >= 11 is 0. The zero-order valence-corrected chi connectivity index (χ0v) is 22.5. The lowest BCUT2D eigenvalue weighted by atomic mass is 9.75. The number of hydrogen-bond donors (Lipinski definition) is 2. The van der Waals surface area contributed by atoms with Gasteiger partial charge in [0.2, 0.25) is 0 Å². The van der Waals surface area contributed by atoms with Crippen molar-refractivity contribution in [3.8, 4) is 11.5 Å². The maximum Gasteiger partial charge on any atom is 0.145 e. The molecule has 0 aliphatic rings. The summed E-state index contributed by atoms with van der Waals surface area (Å²) in [6.07, 6.45) is 0. The molecule has 0 unspecified atom stereocenters. The summed E-state index contributed by atoms with van der Waals surface area (Å²) in [7, 11) is 0. The van der Waals surface area contributed by atoms with Crippen LogP contribution in [-0.2, 0) is 15.9 Å². The molecule has 0 bridgehead atoms. The van der Waals surface area contributed by atoms with E-state index in [9.17, 15) is 10.2 Å². The molecule has 0 spiro atoms. The maximum atomic E-state index is 10.3. The molecule has 200 valence electrons. The minimum Gasteiger partial charge on any atom is -0.508 e. The Kier molecular flexibility index (Phi) is 7.11. The number of ether oxygens (including phenoxy) is 1. The van der Waals surface area contributed by atoms with Crippen LogP contribution in [0, 0.1) is 0 Å². The first-order valence-corrected chi connectivity index (χ1v) is 13.6. The van der Waals surface area contributed by atoms with Crippen LogP contribution in [0.1, 0.15) is 33.4 Å². The van der Waals surface area contributed by atoms with Crippen LogP contribution in [0.25, 0.3) is 0 Å². The molecule has 0 saturated carbocycles. The van der Waals surface area contributed by atoms with E-state index in [2.05, 4.69) is 48.5 Å². The first-order chi connectivity index (χ1) is 20.1. The van der Waals surface area contributed by atoms with Crippen molar-refractivity contribution in [3.05, 3.63) is 203 Å². The van der Waals surface area contributed by atoms with Gasteiger partial charge < -0.3 is 14.9 Å². The van der Waals surface area contributed by atoms with E-state index < -0.39 is 11.2 Å². The molecule has 2 N–H and O–H groups in total. The smallest absolute Gasteiger partial charge is 0.145 e. The summed E-state index contributed by atoms with van der Waals surface area (Å²) in [4.78, 5) is 0. The summed E-state index contributed by atoms with van der Waals surface area (Å²) in [5.74, 6) is 0.361. The normalized spacial score (nSPS) is 11.7. The third-order valence-corrected chi connectivity index (χ3v) is 7.58. The van der Waals surface area contributed by atoms with Crippen LogP contribution in [0.5, 0.6) is 11.5 Å².